The molecule has 1 amide bonds. The molecule has 2 rings (SSSR count). The number of aromatic nitrogens is 2. The van der Waals surface area contributed by atoms with Gasteiger partial charge in [0.1, 0.15) is 5.01 Å². The number of nitrogens with one attached hydrogen (secondary N) is 2. The Kier molecular flexibility index (Phi) is 4.08. The first kappa shape index (κ1) is 13.4. The number of hydrogen-bond acceptors (Lipinski definition) is 6. The molecule has 0 aliphatic rings. The zero-order chi connectivity index (χ0) is 13.8. The monoisotopic (exact) mass is 277 g/mol. The molecule has 0 radical (unpaired) electrons. The summed E-state index contributed by atoms with van der Waals surface area (Å²) in [6.07, 6.45) is 4.85. The smallest absolute Gasteiger partial charge is 0.254 e. The zero-order valence-corrected chi connectivity index (χ0v) is 11.5. The van der Waals surface area contributed by atoms with Crippen LogP contribution in [0.1, 0.15) is 33.2 Å². The third-order valence-electron chi connectivity index (χ3n) is 2.58. The fourth-order valence-corrected chi connectivity index (χ4v) is 2.39. The first-order valence-electron chi connectivity index (χ1n) is 5.75. The highest BCUT2D eigenvalue weighted by Crippen LogP contribution is 2.20. The molecule has 2 heterocycles. The van der Waals surface area contributed by atoms with Crippen LogP contribution in [0.5, 0.6) is 0 Å². The first-order valence-corrected chi connectivity index (χ1v) is 6.57. The van der Waals surface area contributed by atoms with Crippen molar-refractivity contribution in [2.24, 2.45) is 5.84 Å². The van der Waals surface area contributed by atoms with Crippen LogP contribution in [0.3, 0.4) is 0 Å². The molecule has 2 aromatic heterocycles. The van der Waals surface area contributed by atoms with Crippen LogP contribution in [0.4, 0.5) is 5.69 Å². The Morgan fingerprint density at radius 1 is 1.47 bits per heavy atom. The van der Waals surface area contributed by atoms with E-state index in [9.17, 15) is 4.79 Å². The molecule has 0 spiro atoms. The van der Waals surface area contributed by atoms with E-state index in [1.807, 2.05) is 13.8 Å². The van der Waals surface area contributed by atoms with Crippen LogP contribution in [0, 0.1) is 6.92 Å². The molecular weight excluding hydrogens is 262 g/mol. The Morgan fingerprint density at radius 3 is 2.89 bits per heavy atom. The highest BCUT2D eigenvalue weighted by Gasteiger charge is 2.16. The third-order valence-corrected chi connectivity index (χ3v) is 3.67. The van der Waals surface area contributed by atoms with Crippen LogP contribution >= 0.6 is 11.3 Å². The second-order valence-corrected chi connectivity index (χ2v) is 5.34. The Hall–Kier alpha value is -1.99. The molecule has 0 aromatic carbocycles. The van der Waals surface area contributed by atoms with Crippen LogP contribution in [0.15, 0.2) is 24.7 Å². The van der Waals surface area contributed by atoms with Crippen molar-refractivity contribution in [1.82, 2.24) is 15.3 Å². The maximum Gasteiger partial charge on any atom is 0.254 e. The lowest BCUT2D eigenvalue weighted by Gasteiger charge is -2.13. The number of anilines is 1. The minimum atomic E-state index is -0.212. The summed E-state index contributed by atoms with van der Waals surface area (Å²) in [5.41, 5.74) is 3.40. The number of carbonyl (C=O) groups excluding carboxylic acids is 1. The van der Waals surface area contributed by atoms with Gasteiger partial charge in [0.2, 0.25) is 0 Å². The number of nitrogens with two attached hydrogens (primary N) is 1. The molecule has 0 bridgehead atoms. The van der Waals surface area contributed by atoms with Gasteiger partial charge < -0.3 is 10.7 Å². The second-order valence-electron chi connectivity index (χ2n) is 4.07. The van der Waals surface area contributed by atoms with E-state index in [0.29, 0.717) is 11.3 Å². The largest absolute Gasteiger partial charge is 0.343 e. The van der Waals surface area contributed by atoms with Crippen molar-refractivity contribution >= 4 is 22.9 Å². The van der Waals surface area contributed by atoms with Crippen LogP contribution in [-0.4, -0.2) is 15.9 Å². The van der Waals surface area contributed by atoms with Gasteiger partial charge in [0.05, 0.1) is 23.5 Å². The number of aryl methyl sites for hydroxylation is 1. The van der Waals surface area contributed by atoms with E-state index >= 15 is 0 Å². The number of amides is 1. The molecule has 19 heavy (non-hydrogen) atoms. The van der Waals surface area contributed by atoms with Crippen molar-refractivity contribution < 1.29 is 4.79 Å². The van der Waals surface area contributed by atoms with Crippen molar-refractivity contribution in [3.63, 3.8) is 0 Å². The molecular formula is C12H15N5OS. The minimum Gasteiger partial charge on any atom is -0.343 e. The molecule has 0 aliphatic heterocycles. The summed E-state index contributed by atoms with van der Waals surface area (Å²) in [5.74, 6) is 5.14. The lowest BCUT2D eigenvalue weighted by molar-refractivity contribution is 0.0940. The van der Waals surface area contributed by atoms with Gasteiger partial charge in [0.25, 0.3) is 5.91 Å². The van der Waals surface area contributed by atoms with Gasteiger partial charge >= 0.3 is 0 Å². The molecule has 6 nitrogen and oxygen atoms in total. The quantitative estimate of drug-likeness (QED) is 0.583. The summed E-state index contributed by atoms with van der Waals surface area (Å²) >= 11 is 1.56. The molecule has 4 N–H and O–H groups in total. The maximum absolute atomic E-state index is 12.2. The summed E-state index contributed by atoms with van der Waals surface area (Å²) in [7, 11) is 0. The van der Waals surface area contributed by atoms with Gasteiger partial charge in [-0.3, -0.25) is 15.6 Å². The number of rotatable bonds is 4. The van der Waals surface area contributed by atoms with E-state index in [1.54, 1.807) is 29.8 Å². The lowest BCUT2D eigenvalue weighted by Crippen LogP contribution is -2.28. The third kappa shape index (κ3) is 3.07. The van der Waals surface area contributed by atoms with Crippen LogP contribution in [0.2, 0.25) is 0 Å². The van der Waals surface area contributed by atoms with E-state index in [2.05, 4.69) is 20.7 Å². The van der Waals surface area contributed by atoms with Gasteiger partial charge in [-0.1, -0.05) is 0 Å². The van der Waals surface area contributed by atoms with E-state index in [-0.39, 0.29) is 11.9 Å². The molecule has 1 atom stereocenters. The van der Waals surface area contributed by atoms with E-state index in [4.69, 9.17) is 5.84 Å². The van der Waals surface area contributed by atoms with Crippen molar-refractivity contribution in [3.8, 4) is 0 Å². The summed E-state index contributed by atoms with van der Waals surface area (Å²) in [6.45, 7) is 3.88. The predicted octanol–water partition coefficient (Wildman–Crippen LogP) is 1.62. The number of nitrogens with zero attached hydrogens (tertiary/aromatic N) is 2. The van der Waals surface area contributed by atoms with Crippen LogP contribution in [-0.2, 0) is 0 Å². The minimum absolute atomic E-state index is 0.148. The molecule has 100 valence electrons. The average Bonchev–Trinajstić information content (AvgIpc) is 2.85. The predicted molar refractivity (Wildman–Crippen MR) is 74.8 cm³/mol. The average molecular weight is 277 g/mol. The van der Waals surface area contributed by atoms with Crippen molar-refractivity contribution in [3.05, 3.63) is 40.1 Å². The van der Waals surface area contributed by atoms with E-state index < -0.39 is 0 Å². The summed E-state index contributed by atoms with van der Waals surface area (Å²) in [4.78, 5) is 21.4. The summed E-state index contributed by atoms with van der Waals surface area (Å²) < 4.78 is 0. The molecule has 0 aliphatic carbocycles. The van der Waals surface area contributed by atoms with Crippen LogP contribution < -0.4 is 16.6 Å². The Bertz CT molecular complexity index is 583. The van der Waals surface area contributed by atoms with Crippen molar-refractivity contribution in [2.75, 3.05) is 5.43 Å². The van der Waals surface area contributed by atoms with Crippen molar-refractivity contribution in [1.29, 1.82) is 0 Å². The first-order chi connectivity index (χ1) is 9.11. The maximum atomic E-state index is 12.2. The highest BCUT2D eigenvalue weighted by molar-refractivity contribution is 7.11. The van der Waals surface area contributed by atoms with Crippen molar-refractivity contribution in [2.45, 2.75) is 19.9 Å². The zero-order valence-electron chi connectivity index (χ0n) is 10.7. The fourth-order valence-electron chi connectivity index (χ4n) is 1.62. The second kappa shape index (κ2) is 5.77. The highest BCUT2D eigenvalue weighted by atomic mass is 32.1. The number of nitrogen functional groups attached to an aromatic ring is 1. The van der Waals surface area contributed by atoms with Gasteiger partial charge in [-0.15, -0.1) is 11.3 Å². The van der Waals surface area contributed by atoms with Gasteiger partial charge in [-0.25, -0.2) is 4.98 Å². The Morgan fingerprint density at radius 2 is 2.26 bits per heavy atom. The van der Waals surface area contributed by atoms with Gasteiger partial charge in [0, 0.05) is 17.3 Å². The molecule has 0 fully saturated rings. The van der Waals surface area contributed by atoms with E-state index in [0.717, 1.165) is 9.88 Å². The Labute approximate surface area is 115 Å². The number of pyridine rings is 1. The van der Waals surface area contributed by atoms with Gasteiger partial charge in [0.15, 0.2) is 0 Å². The topological polar surface area (TPSA) is 92.9 Å². The number of hydrogen-bond donors (Lipinski definition) is 3. The summed E-state index contributed by atoms with van der Waals surface area (Å²) in [6, 6.07) is 1.47. The summed E-state index contributed by atoms with van der Waals surface area (Å²) in [5, 5.41) is 3.76. The number of thiazole rings is 1. The lowest BCUT2D eigenvalue weighted by atomic mass is 10.2. The molecule has 2 aromatic rings. The number of hydrazine groups is 1. The van der Waals surface area contributed by atoms with Gasteiger partial charge in [-0.05, 0) is 19.9 Å². The Balaban J connectivity index is 2.12. The SMILES string of the molecule is Cc1cnc(C(C)NC(=O)c2ccncc2NN)s1. The standard InChI is InChI=1S/C12H15N5OS/c1-7-5-15-12(19-7)8(2)16-11(18)9-3-4-14-6-10(9)17-13/h3-6,8,17H,13H2,1-2H3,(H,16,18). The van der Waals surface area contributed by atoms with E-state index in [1.165, 1.54) is 6.20 Å². The molecule has 0 saturated heterocycles. The van der Waals surface area contributed by atoms with Gasteiger partial charge in [-0.2, -0.15) is 0 Å². The molecule has 1 unspecified atom stereocenters. The number of carbonyl (C=O) groups is 1. The normalized spacial score (nSPS) is 11.9. The molecule has 0 saturated carbocycles. The fraction of sp³-hybridized carbons (Fsp3) is 0.250. The van der Waals surface area contributed by atoms with Crippen LogP contribution in [0.25, 0.3) is 0 Å². The molecule has 7 heteroatoms.